The number of nitrogens with zero attached hydrogens (tertiary/aromatic N) is 2. The normalized spacial score (nSPS) is 12.4. The fraction of sp³-hybridized carbons (Fsp3) is 0.913. The third-order valence-corrected chi connectivity index (χ3v) is 11.0. The lowest BCUT2D eigenvalue weighted by molar-refractivity contribution is 0.482. The van der Waals surface area contributed by atoms with Gasteiger partial charge in [-0.1, -0.05) is 65.2 Å². The van der Waals surface area contributed by atoms with Crippen LogP contribution in [-0.2, 0) is 20.0 Å². The maximum absolute atomic E-state index is 13.3. The zero-order valence-corrected chi connectivity index (χ0v) is 22.2. The van der Waals surface area contributed by atoms with Gasteiger partial charge in [0.25, 0.3) is 0 Å². The maximum Gasteiger partial charge on any atom is 0.233 e. The van der Waals surface area contributed by atoms with Crippen molar-refractivity contribution in [1.29, 1.82) is 10.5 Å². The first kappa shape index (κ1) is 31.8. The molecule has 0 spiro atoms. The van der Waals surface area contributed by atoms with E-state index in [4.69, 9.17) is 10.5 Å². The lowest BCUT2D eigenvalue weighted by atomic mass is 10.1. The van der Waals surface area contributed by atoms with Gasteiger partial charge in [-0.05, 0) is 38.5 Å². The van der Waals surface area contributed by atoms with Crippen molar-refractivity contribution in [1.82, 2.24) is 9.44 Å². The predicted octanol–water partition coefficient (Wildman–Crippen LogP) is 4.85. The molecule has 192 valence electrons. The minimum absolute atomic E-state index is 0.0494. The summed E-state index contributed by atoms with van der Waals surface area (Å²) >= 11 is 0. The molecule has 0 saturated heterocycles. The highest BCUT2D eigenvalue weighted by Crippen LogP contribution is 2.34. The molecule has 0 rings (SSSR count). The second-order valence-electron chi connectivity index (χ2n) is 8.56. The Balaban J connectivity index is 4.98. The van der Waals surface area contributed by atoms with Gasteiger partial charge in [0.05, 0.1) is 12.1 Å². The zero-order valence-electron chi connectivity index (χ0n) is 20.6. The highest BCUT2D eigenvalue weighted by Gasteiger charge is 2.53. The van der Waals surface area contributed by atoms with E-state index in [1.54, 1.807) is 13.8 Å². The third-order valence-electron chi connectivity index (χ3n) is 5.76. The Morgan fingerprint density at radius 3 is 1.27 bits per heavy atom. The molecule has 8 nitrogen and oxygen atoms in total. The molecule has 0 unspecified atom stereocenters. The number of nitriles is 2. The van der Waals surface area contributed by atoms with E-state index < -0.39 is 24.1 Å². The molecule has 0 aliphatic heterocycles. The van der Waals surface area contributed by atoms with E-state index in [2.05, 4.69) is 21.6 Å². The van der Waals surface area contributed by atoms with Crippen LogP contribution in [0.3, 0.4) is 0 Å². The van der Waals surface area contributed by atoms with Crippen molar-refractivity contribution in [3.8, 4) is 12.1 Å². The molecule has 0 aromatic carbocycles. The number of hydrogen-bond acceptors (Lipinski definition) is 6. The fourth-order valence-electron chi connectivity index (χ4n) is 3.96. The Hall–Kier alpha value is -1.20. The van der Waals surface area contributed by atoms with Crippen molar-refractivity contribution in [3.05, 3.63) is 0 Å². The lowest BCUT2D eigenvalue weighted by Gasteiger charge is -2.32. The molecule has 0 aliphatic rings. The number of unbranched alkanes of at least 4 members (excludes halogenated alkanes) is 10. The van der Waals surface area contributed by atoms with Gasteiger partial charge in [0.1, 0.15) is 0 Å². The van der Waals surface area contributed by atoms with Crippen LogP contribution in [0.4, 0.5) is 0 Å². The number of nitrogens with one attached hydrogen (secondary N) is 2. The highest BCUT2D eigenvalue weighted by atomic mass is 32.3. The van der Waals surface area contributed by atoms with E-state index in [-0.39, 0.29) is 25.9 Å². The third kappa shape index (κ3) is 11.7. The number of rotatable bonds is 22. The molecule has 0 amide bonds. The standard InChI is InChI=1S/C23H44N4O4S2/c1-3-17-23(18-4-2,32(28,29)26-21-15-11-7-5-9-13-19-24)33(30,31)27-22-16-12-8-6-10-14-20-25/h26-27H,3-18,21-22H2,1-2H3. The topological polar surface area (TPSA) is 140 Å². The number of sulfonamides is 2. The monoisotopic (exact) mass is 504 g/mol. The van der Waals surface area contributed by atoms with Gasteiger partial charge in [-0.3, -0.25) is 0 Å². The largest absolute Gasteiger partial charge is 0.233 e. The van der Waals surface area contributed by atoms with Crippen LogP contribution in [0.1, 0.15) is 117 Å². The van der Waals surface area contributed by atoms with Crippen molar-refractivity contribution < 1.29 is 16.8 Å². The molecule has 0 aromatic heterocycles. The van der Waals surface area contributed by atoms with Gasteiger partial charge in [-0.15, -0.1) is 0 Å². The Morgan fingerprint density at radius 2 is 0.939 bits per heavy atom. The van der Waals surface area contributed by atoms with Gasteiger partial charge in [0.2, 0.25) is 24.1 Å². The van der Waals surface area contributed by atoms with Crippen LogP contribution in [0, 0.1) is 22.7 Å². The molecule has 10 heteroatoms. The van der Waals surface area contributed by atoms with E-state index in [1.165, 1.54) is 0 Å². The summed E-state index contributed by atoms with van der Waals surface area (Å²) in [6.45, 7) is 4.04. The minimum atomic E-state index is -4.10. The minimum Gasteiger partial charge on any atom is -0.214 e. The summed E-state index contributed by atoms with van der Waals surface area (Å²) < 4.78 is 56.5. The summed E-state index contributed by atoms with van der Waals surface area (Å²) in [5.74, 6) is 0. The summed E-state index contributed by atoms with van der Waals surface area (Å²) in [4.78, 5) is 0. The Labute approximate surface area is 202 Å². The molecular weight excluding hydrogens is 460 g/mol. The second kappa shape index (κ2) is 18.2. The van der Waals surface area contributed by atoms with Crippen molar-refractivity contribution in [2.45, 2.75) is 121 Å². The summed E-state index contributed by atoms with van der Waals surface area (Å²) in [5.41, 5.74) is 0. The van der Waals surface area contributed by atoms with Crippen LogP contribution in [0.25, 0.3) is 0 Å². The molecule has 33 heavy (non-hydrogen) atoms. The Morgan fingerprint density at radius 1 is 0.606 bits per heavy atom. The van der Waals surface area contributed by atoms with E-state index in [9.17, 15) is 16.8 Å². The van der Waals surface area contributed by atoms with Crippen LogP contribution in [0.15, 0.2) is 0 Å². The maximum atomic E-state index is 13.3. The van der Waals surface area contributed by atoms with Gasteiger partial charge in [0, 0.05) is 25.9 Å². The van der Waals surface area contributed by atoms with Crippen molar-refractivity contribution in [2.75, 3.05) is 13.1 Å². The van der Waals surface area contributed by atoms with E-state index in [0.717, 1.165) is 51.4 Å². The van der Waals surface area contributed by atoms with Crippen LogP contribution in [0.2, 0.25) is 0 Å². The average Bonchev–Trinajstić information content (AvgIpc) is 2.77. The predicted molar refractivity (Wildman–Crippen MR) is 133 cm³/mol. The first-order valence-corrected chi connectivity index (χ1v) is 15.4. The van der Waals surface area contributed by atoms with Gasteiger partial charge in [-0.25, -0.2) is 26.3 Å². The fourth-order valence-corrected chi connectivity index (χ4v) is 8.72. The molecule has 0 radical (unpaired) electrons. The highest BCUT2D eigenvalue weighted by molar-refractivity contribution is 8.08. The summed E-state index contributed by atoms with van der Waals surface area (Å²) in [7, 11) is -8.20. The molecular formula is C23H44N4O4S2. The van der Waals surface area contributed by atoms with E-state index in [1.807, 2.05) is 0 Å². The molecule has 0 fully saturated rings. The Kier molecular flexibility index (Phi) is 17.5. The molecule has 0 saturated carbocycles. The van der Waals surface area contributed by atoms with Crippen molar-refractivity contribution in [2.24, 2.45) is 0 Å². The smallest absolute Gasteiger partial charge is 0.214 e. The quantitative estimate of drug-likeness (QED) is 0.202. The van der Waals surface area contributed by atoms with Gasteiger partial charge in [-0.2, -0.15) is 10.5 Å². The second-order valence-corrected chi connectivity index (χ2v) is 13.0. The van der Waals surface area contributed by atoms with E-state index >= 15 is 0 Å². The van der Waals surface area contributed by atoms with Gasteiger partial charge in [0.15, 0.2) is 0 Å². The molecule has 0 bridgehead atoms. The van der Waals surface area contributed by atoms with Crippen molar-refractivity contribution in [3.63, 3.8) is 0 Å². The zero-order chi connectivity index (χ0) is 25.1. The lowest BCUT2D eigenvalue weighted by Crippen LogP contribution is -2.56. The summed E-state index contributed by atoms with van der Waals surface area (Å²) in [6.07, 6.45) is 10.4. The van der Waals surface area contributed by atoms with E-state index in [0.29, 0.717) is 38.5 Å². The SMILES string of the molecule is CCCC(CCC)(S(=O)(=O)NCCCCCCCC#N)S(=O)(=O)NCCCCCCCC#N. The average molecular weight is 505 g/mol. The van der Waals surface area contributed by atoms with Crippen LogP contribution < -0.4 is 9.44 Å². The van der Waals surface area contributed by atoms with Crippen LogP contribution in [0.5, 0.6) is 0 Å². The number of hydrogen-bond donors (Lipinski definition) is 2. The molecule has 2 N–H and O–H groups in total. The first-order valence-electron chi connectivity index (χ1n) is 12.5. The molecule has 0 heterocycles. The van der Waals surface area contributed by atoms with Crippen molar-refractivity contribution >= 4 is 20.0 Å². The molecule has 0 aromatic rings. The van der Waals surface area contributed by atoms with Gasteiger partial charge >= 0.3 is 0 Å². The Bertz CT molecular complexity index is 731. The van der Waals surface area contributed by atoms with Crippen LogP contribution in [-0.4, -0.2) is 34.0 Å². The molecule has 0 atom stereocenters. The summed E-state index contributed by atoms with van der Waals surface area (Å²) in [5, 5.41) is 17.1. The summed E-state index contributed by atoms with van der Waals surface area (Å²) in [6, 6.07) is 4.22. The first-order chi connectivity index (χ1) is 15.7. The van der Waals surface area contributed by atoms with Crippen LogP contribution >= 0.6 is 0 Å². The van der Waals surface area contributed by atoms with Gasteiger partial charge < -0.3 is 0 Å². The molecule has 0 aliphatic carbocycles.